The van der Waals surface area contributed by atoms with Crippen LogP contribution in [0.5, 0.6) is 0 Å². The Labute approximate surface area is 153 Å². The molecule has 0 N–H and O–H groups in total. The van der Waals surface area contributed by atoms with Crippen molar-refractivity contribution in [3.8, 4) is 0 Å². The van der Waals surface area contributed by atoms with Crippen LogP contribution in [-0.4, -0.2) is 51.5 Å². The number of pyridine rings is 1. The quantitative estimate of drug-likeness (QED) is 0.802. The molecule has 0 bridgehead atoms. The molecule has 1 aliphatic heterocycles. The monoisotopic (exact) mass is 381 g/mol. The van der Waals surface area contributed by atoms with E-state index in [1.165, 1.54) is 23.0 Å². The average molecular weight is 381 g/mol. The number of hydrogen-bond acceptors (Lipinski definition) is 5. The number of carbonyl (C=O) groups excluding carboxylic acids is 1. The van der Waals surface area contributed by atoms with Crippen LogP contribution in [0.15, 0.2) is 35.5 Å². The minimum absolute atomic E-state index is 0.0926. The molecule has 0 spiro atoms. The van der Waals surface area contributed by atoms with Crippen molar-refractivity contribution in [2.75, 3.05) is 31.1 Å². The number of anilines is 1. The summed E-state index contributed by atoms with van der Waals surface area (Å²) in [5, 5.41) is 0. The number of amides is 1. The topological polar surface area (TPSA) is 71.3 Å². The van der Waals surface area contributed by atoms with Gasteiger partial charge in [-0.2, -0.15) is 13.2 Å². The zero-order valence-electron chi connectivity index (χ0n) is 14.6. The Morgan fingerprint density at radius 3 is 2.41 bits per heavy atom. The van der Waals surface area contributed by atoms with Gasteiger partial charge in [-0.05, 0) is 19.1 Å². The maximum absolute atomic E-state index is 12.6. The summed E-state index contributed by atoms with van der Waals surface area (Å²) in [7, 11) is 0. The van der Waals surface area contributed by atoms with Crippen molar-refractivity contribution in [3.05, 3.63) is 52.3 Å². The number of alkyl halides is 3. The molecule has 0 radical (unpaired) electrons. The SMILES string of the molecule is Cc1cc(=O)n(CC(=O)N2CCN(c3ccc(C(F)(F)F)cn3)CC2)cn1. The summed E-state index contributed by atoms with van der Waals surface area (Å²) in [6.07, 6.45) is -2.26. The van der Waals surface area contributed by atoms with Crippen LogP contribution < -0.4 is 10.5 Å². The maximum atomic E-state index is 12.6. The summed E-state index contributed by atoms with van der Waals surface area (Å²) >= 11 is 0. The van der Waals surface area contributed by atoms with E-state index >= 15 is 0 Å². The molecule has 0 aromatic carbocycles. The first-order chi connectivity index (χ1) is 12.7. The Balaban J connectivity index is 1.58. The third kappa shape index (κ3) is 4.44. The van der Waals surface area contributed by atoms with Crippen LogP contribution in [0.2, 0.25) is 0 Å². The average Bonchev–Trinajstić information content (AvgIpc) is 2.63. The number of carbonyl (C=O) groups is 1. The number of nitrogens with zero attached hydrogens (tertiary/aromatic N) is 5. The van der Waals surface area contributed by atoms with E-state index in [0.29, 0.717) is 37.7 Å². The third-order valence-corrected chi connectivity index (χ3v) is 4.35. The van der Waals surface area contributed by atoms with Gasteiger partial charge in [-0.25, -0.2) is 9.97 Å². The first-order valence-corrected chi connectivity index (χ1v) is 8.33. The molecule has 1 saturated heterocycles. The molecule has 1 aliphatic rings. The lowest BCUT2D eigenvalue weighted by molar-refractivity contribution is -0.138. The summed E-state index contributed by atoms with van der Waals surface area (Å²) in [4.78, 5) is 35.6. The minimum atomic E-state index is -4.42. The zero-order valence-corrected chi connectivity index (χ0v) is 14.6. The second kappa shape index (κ2) is 7.37. The van der Waals surface area contributed by atoms with Gasteiger partial charge in [0.05, 0.1) is 11.9 Å². The maximum Gasteiger partial charge on any atom is 0.417 e. The lowest BCUT2D eigenvalue weighted by Crippen LogP contribution is -2.50. The van der Waals surface area contributed by atoms with E-state index in [1.807, 2.05) is 4.90 Å². The fraction of sp³-hybridized carbons (Fsp3) is 0.412. The van der Waals surface area contributed by atoms with Crippen LogP contribution in [-0.2, 0) is 17.5 Å². The van der Waals surface area contributed by atoms with Crippen molar-refractivity contribution >= 4 is 11.7 Å². The Morgan fingerprint density at radius 1 is 1.15 bits per heavy atom. The number of hydrogen-bond donors (Lipinski definition) is 0. The number of aromatic nitrogens is 3. The molecule has 2 aromatic heterocycles. The molecule has 3 heterocycles. The first kappa shape index (κ1) is 18.9. The van der Waals surface area contributed by atoms with E-state index in [9.17, 15) is 22.8 Å². The van der Waals surface area contributed by atoms with Gasteiger partial charge in [0.15, 0.2) is 0 Å². The van der Waals surface area contributed by atoms with Crippen LogP contribution in [0.1, 0.15) is 11.3 Å². The van der Waals surface area contributed by atoms with Gasteiger partial charge in [-0.1, -0.05) is 0 Å². The van der Waals surface area contributed by atoms with E-state index in [2.05, 4.69) is 9.97 Å². The van der Waals surface area contributed by atoms with Crippen molar-refractivity contribution in [1.82, 2.24) is 19.4 Å². The van der Waals surface area contributed by atoms with Crippen molar-refractivity contribution in [3.63, 3.8) is 0 Å². The van der Waals surface area contributed by atoms with Crippen LogP contribution in [0, 0.1) is 6.92 Å². The molecular formula is C17H18F3N5O2. The number of rotatable bonds is 3. The van der Waals surface area contributed by atoms with E-state index in [4.69, 9.17) is 0 Å². The second-order valence-electron chi connectivity index (χ2n) is 6.27. The smallest absolute Gasteiger partial charge is 0.353 e. The van der Waals surface area contributed by atoms with Crippen molar-refractivity contribution in [1.29, 1.82) is 0 Å². The number of aryl methyl sites for hydroxylation is 1. The van der Waals surface area contributed by atoms with Gasteiger partial charge in [0.2, 0.25) is 5.91 Å². The molecule has 27 heavy (non-hydrogen) atoms. The summed E-state index contributed by atoms with van der Waals surface area (Å²) in [5.41, 5.74) is -0.498. The van der Waals surface area contributed by atoms with E-state index in [-0.39, 0.29) is 18.0 Å². The predicted octanol–water partition coefficient (Wildman–Crippen LogP) is 1.31. The molecule has 10 heteroatoms. The second-order valence-corrected chi connectivity index (χ2v) is 6.27. The van der Waals surface area contributed by atoms with E-state index < -0.39 is 11.7 Å². The highest BCUT2D eigenvalue weighted by Crippen LogP contribution is 2.29. The van der Waals surface area contributed by atoms with Gasteiger partial charge in [-0.15, -0.1) is 0 Å². The Bertz CT molecular complexity index is 871. The summed E-state index contributed by atoms with van der Waals surface area (Å²) in [5.74, 6) is 0.233. The standard InChI is InChI=1S/C17H18F3N5O2/c1-12-8-15(26)25(11-22-12)10-16(27)24-6-4-23(5-7-24)14-3-2-13(9-21-14)17(18,19)20/h2-3,8-9,11H,4-7,10H2,1H3. The molecule has 2 aromatic rings. The Morgan fingerprint density at radius 2 is 1.85 bits per heavy atom. The molecule has 7 nitrogen and oxygen atoms in total. The number of halogens is 3. The van der Waals surface area contributed by atoms with Gasteiger partial charge < -0.3 is 9.80 Å². The number of piperazine rings is 1. The molecular weight excluding hydrogens is 363 g/mol. The molecule has 3 rings (SSSR count). The molecule has 0 atom stereocenters. The van der Waals surface area contributed by atoms with Gasteiger partial charge >= 0.3 is 6.18 Å². The van der Waals surface area contributed by atoms with Crippen LogP contribution >= 0.6 is 0 Å². The van der Waals surface area contributed by atoms with Crippen LogP contribution in [0.25, 0.3) is 0 Å². The lowest BCUT2D eigenvalue weighted by atomic mass is 10.2. The zero-order chi connectivity index (χ0) is 19.6. The molecule has 1 amide bonds. The minimum Gasteiger partial charge on any atom is -0.353 e. The van der Waals surface area contributed by atoms with Crippen LogP contribution in [0.4, 0.5) is 19.0 Å². The lowest BCUT2D eigenvalue weighted by Gasteiger charge is -2.35. The summed E-state index contributed by atoms with van der Waals surface area (Å²) in [6.45, 7) is 3.30. The van der Waals surface area contributed by atoms with Gasteiger partial charge in [0.25, 0.3) is 5.56 Å². The van der Waals surface area contributed by atoms with Crippen LogP contribution in [0.3, 0.4) is 0 Å². The molecule has 0 aliphatic carbocycles. The largest absolute Gasteiger partial charge is 0.417 e. The normalized spacial score (nSPS) is 15.1. The summed E-state index contributed by atoms with van der Waals surface area (Å²) in [6, 6.07) is 3.69. The molecule has 1 fully saturated rings. The molecule has 0 saturated carbocycles. The van der Waals surface area contributed by atoms with E-state index in [1.54, 1.807) is 11.8 Å². The summed E-state index contributed by atoms with van der Waals surface area (Å²) < 4.78 is 39.1. The Kier molecular flexibility index (Phi) is 5.15. The molecule has 144 valence electrons. The Hall–Kier alpha value is -2.91. The molecule has 0 unspecified atom stereocenters. The van der Waals surface area contributed by atoms with E-state index in [0.717, 1.165) is 12.3 Å². The fourth-order valence-corrected chi connectivity index (χ4v) is 2.81. The fourth-order valence-electron chi connectivity index (χ4n) is 2.81. The van der Waals surface area contributed by atoms with Gasteiger partial charge in [0.1, 0.15) is 12.4 Å². The highest BCUT2D eigenvalue weighted by molar-refractivity contribution is 5.76. The predicted molar refractivity (Wildman–Crippen MR) is 91.3 cm³/mol. The highest BCUT2D eigenvalue weighted by atomic mass is 19.4. The highest BCUT2D eigenvalue weighted by Gasteiger charge is 2.31. The third-order valence-electron chi connectivity index (χ3n) is 4.35. The van der Waals surface area contributed by atoms with Crippen molar-refractivity contribution in [2.45, 2.75) is 19.6 Å². The van der Waals surface area contributed by atoms with Crippen molar-refractivity contribution in [2.24, 2.45) is 0 Å². The van der Waals surface area contributed by atoms with Crippen molar-refractivity contribution < 1.29 is 18.0 Å². The van der Waals surface area contributed by atoms with Gasteiger partial charge in [-0.3, -0.25) is 14.2 Å². The van der Waals surface area contributed by atoms with Gasteiger partial charge in [0, 0.05) is 44.1 Å². The first-order valence-electron chi connectivity index (χ1n) is 8.33.